The summed E-state index contributed by atoms with van der Waals surface area (Å²) in [4.78, 5) is 21.4. The summed E-state index contributed by atoms with van der Waals surface area (Å²) < 4.78 is 14.0. The molecule has 0 saturated carbocycles. The van der Waals surface area contributed by atoms with Crippen LogP contribution in [0.4, 0.5) is 4.39 Å². The number of halogens is 1. The Kier molecular flexibility index (Phi) is 17.9. The number of aliphatic hydroxyl groups excluding tert-OH is 1. The second kappa shape index (κ2) is 21.5. The van der Waals surface area contributed by atoms with Gasteiger partial charge < -0.3 is 10.1 Å². The molecule has 0 fully saturated rings. The molecule has 0 aliphatic carbocycles. The minimum atomic E-state index is -1.34. The number of hydrogen-bond donors (Lipinski definition) is 1. The van der Waals surface area contributed by atoms with Crippen LogP contribution in [0.5, 0.6) is 0 Å². The van der Waals surface area contributed by atoms with Crippen molar-refractivity contribution in [1.29, 1.82) is 0 Å². The molecule has 0 aliphatic rings. The van der Waals surface area contributed by atoms with Gasteiger partial charge in [0.25, 0.3) is 0 Å². The minimum Gasteiger partial charge on any atom is -0.512 e. The van der Waals surface area contributed by atoms with Crippen LogP contribution in [0.3, 0.4) is 0 Å². The van der Waals surface area contributed by atoms with Crippen molar-refractivity contribution in [3.8, 4) is 22.5 Å². The van der Waals surface area contributed by atoms with Crippen molar-refractivity contribution in [2.45, 2.75) is 120 Å². The Morgan fingerprint density at radius 1 is 0.783 bits per heavy atom. The second-order valence-corrected chi connectivity index (χ2v) is 22.8. The fourth-order valence-electron chi connectivity index (χ4n) is 7.28. The zero-order chi connectivity index (χ0) is 43.7. The molecule has 2 aromatic heterocycles. The Morgan fingerprint density at radius 2 is 1.38 bits per heavy atom. The largest absolute Gasteiger partial charge is 0.512 e. The van der Waals surface area contributed by atoms with Crippen LogP contribution in [-0.4, -0.2) is 28.9 Å². The maximum atomic E-state index is 14.0. The number of carbonyl (C=O) groups excluding carboxylic acids is 1. The number of carbonyl (C=O) groups is 1. The zero-order valence-corrected chi connectivity index (χ0v) is 41.6. The number of hydrogen-bond acceptors (Lipinski definition) is 4. The second-order valence-electron chi connectivity index (χ2n) is 17.8. The molecule has 4 nitrogen and oxygen atoms in total. The Labute approximate surface area is 374 Å². The van der Waals surface area contributed by atoms with Crippen LogP contribution in [0.2, 0.25) is 19.6 Å². The molecule has 4 aromatic carbocycles. The number of rotatable bonds is 11. The van der Waals surface area contributed by atoms with Gasteiger partial charge in [-0.05, 0) is 91.4 Å². The summed E-state index contributed by atoms with van der Waals surface area (Å²) in [5.74, 6) is 0.634. The smallest absolute Gasteiger partial charge is 0.164 e. The van der Waals surface area contributed by atoms with Gasteiger partial charge in [-0.25, -0.2) is 4.39 Å². The molecule has 0 aliphatic heterocycles. The van der Waals surface area contributed by atoms with E-state index < -0.39 is 8.07 Å². The van der Waals surface area contributed by atoms with E-state index in [0.717, 1.165) is 64.4 Å². The Balaban J connectivity index is 0.000000242. The fourth-order valence-corrected chi connectivity index (χ4v) is 8.96. The van der Waals surface area contributed by atoms with Crippen molar-refractivity contribution in [1.82, 2.24) is 9.97 Å². The Morgan fingerprint density at radius 3 is 1.93 bits per heavy atom. The van der Waals surface area contributed by atoms with Gasteiger partial charge in [0.15, 0.2) is 5.78 Å². The van der Waals surface area contributed by atoms with Gasteiger partial charge >= 0.3 is 0 Å². The van der Waals surface area contributed by atoms with Crippen LogP contribution in [0.15, 0.2) is 109 Å². The number of ketones is 1. The predicted octanol–water partition coefficient (Wildman–Crippen LogP) is 14.7. The first-order valence-corrected chi connectivity index (χ1v) is 24.8. The van der Waals surface area contributed by atoms with E-state index in [-0.39, 0.29) is 48.3 Å². The maximum absolute atomic E-state index is 14.0. The normalized spacial score (nSPS) is 12.0. The van der Waals surface area contributed by atoms with Crippen molar-refractivity contribution >= 4 is 40.6 Å². The van der Waals surface area contributed by atoms with Crippen LogP contribution in [-0.2, 0) is 24.9 Å². The average molecular weight is 1000 g/mol. The van der Waals surface area contributed by atoms with Crippen molar-refractivity contribution in [2.24, 2.45) is 10.8 Å². The Bertz CT molecular complexity index is 2370. The fraction of sp³-hybridized carbons (Fsp3) is 0.377. The van der Waals surface area contributed by atoms with E-state index >= 15 is 0 Å². The van der Waals surface area contributed by atoms with Gasteiger partial charge in [0.1, 0.15) is 11.6 Å². The minimum absolute atomic E-state index is 0. The van der Waals surface area contributed by atoms with Gasteiger partial charge in [-0.3, -0.25) is 9.78 Å². The number of aromatic nitrogens is 2. The maximum Gasteiger partial charge on any atom is 0.164 e. The van der Waals surface area contributed by atoms with Gasteiger partial charge in [0.05, 0.1) is 13.8 Å². The predicted molar refractivity (Wildman–Crippen MR) is 253 cm³/mol. The third kappa shape index (κ3) is 12.0. The first-order chi connectivity index (χ1) is 27.8. The van der Waals surface area contributed by atoms with E-state index in [9.17, 15) is 14.3 Å². The first kappa shape index (κ1) is 50.1. The molecule has 0 saturated heterocycles. The van der Waals surface area contributed by atoms with E-state index in [1.807, 2.05) is 84.0 Å². The molecule has 1 N–H and O–H groups in total. The molecule has 0 amide bonds. The molecular weight excluding hydrogens is 936 g/mol. The summed E-state index contributed by atoms with van der Waals surface area (Å²) >= 11 is 0. The SMILES string of the molecule is CC(C)c1cc(-c2[c-]cccc2)ncc1[Si](C)(C)C.CCC(C)(CC)C(=O)/C=C(\O)C(C)(CC)CC.Cc1cc(C)cc(-c2nccc3c2ccc2c(F)cccc23)c1.[Ir]. The molecule has 60 heavy (non-hydrogen) atoms. The van der Waals surface area contributed by atoms with Crippen molar-refractivity contribution in [2.75, 3.05) is 0 Å². The first-order valence-electron chi connectivity index (χ1n) is 21.3. The summed E-state index contributed by atoms with van der Waals surface area (Å²) in [5.41, 5.74) is 7.42. The summed E-state index contributed by atoms with van der Waals surface area (Å²) in [6.45, 7) is 27.9. The van der Waals surface area contributed by atoms with E-state index in [2.05, 4.69) is 99.9 Å². The molecule has 0 spiro atoms. The molecule has 6 aromatic rings. The number of allylic oxidation sites excluding steroid dienone is 2. The molecule has 0 unspecified atom stereocenters. The van der Waals surface area contributed by atoms with Gasteiger partial charge in [-0.2, -0.15) is 0 Å². The molecule has 7 heteroatoms. The summed E-state index contributed by atoms with van der Waals surface area (Å²) in [7, 11) is -1.34. The standard InChI is InChI=1S/C21H16FN.C17H22NSi.C15H28O2.Ir/c1-13-10-14(2)12-15(11-13)21-19-7-6-18-16(4-3-5-20(18)22)17(19)8-9-23-21;1-13(2)15-11-16(14-9-7-6-8-10-14)18-12-17(15)19(3,4)5;1-7-14(5,8-2)12(16)11-13(17)15(6,9-3)10-4;/h3-12H,1-2H3;6-9,11-13H,1-5H3;11,16H,7-10H2,1-6H3;/q;-1;;/b;;12-11-;. The molecular formula is C53H66FIrN2O2Si-. The van der Waals surface area contributed by atoms with Crippen LogP contribution in [0.25, 0.3) is 44.1 Å². The average Bonchev–Trinajstić information content (AvgIpc) is 3.22. The number of nitrogens with zero attached hydrogens (tertiary/aromatic N) is 2. The topological polar surface area (TPSA) is 63.1 Å². The summed E-state index contributed by atoms with van der Waals surface area (Å²) in [6, 6.07) is 31.0. The molecule has 1 radical (unpaired) electrons. The van der Waals surface area contributed by atoms with Crippen molar-refractivity contribution in [3.63, 3.8) is 0 Å². The van der Waals surface area contributed by atoms with Gasteiger partial charge in [-0.15, -0.1) is 35.9 Å². The quantitative estimate of drug-likeness (QED) is 0.0462. The zero-order valence-electron chi connectivity index (χ0n) is 38.2. The molecule has 321 valence electrons. The van der Waals surface area contributed by atoms with E-state index in [1.54, 1.807) is 12.3 Å². The van der Waals surface area contributed by atoms with E-state index in [1.165, 1.54) is 34.0 Å². The molecule has 2 heterocycles. The third-order valence-electron chi connectivity index (χ3n) is 12.2. The number of aliphatic hydroxyl groups is 1. The summed E-state index contributed by atoms with van der Waals surface area (Å²) in [6.07, 6.45) is 8.65. The van der Waals surface area contributed by atoms with Gasteiger partial charge in [0.2, 0.25) is 0 Å². The molecule has 0 bridgehead atoms. The number of fused-ring (bicyclic) bond motifs is 3. The number of aryl methyl sites for hydroxylation is 2. The van der Waals surface area contributed by atoms with E-state index in [4.69, 9.17) is 0 Å². The van der Waals surface area contributed by atoms with Gasteiger partial charge in [0, 0.05) is 65.7 Å². The van der Waals surface area contributed by atoms with Crippen LogP contribution in [0.1, 0.15) is 104 Å². The summed E-state index contributed by atoms with van der Waals surface area (Å²) in [5, 5.41) is 15.3. The van der Waals surface area contributed by atoms with Crippen molar-refractivity contribution < 1.29 is 34.4 Å². The van der Waals surface area contributed by atoms with E-state index in [0.29, 0.717) is 11.3 Å². The number of benzene rings is 4. The van der Waals surface area contributed by atoms with Crippen molar-refractivity contribution in [3.05, 3.63) is 138 Å². The third-order valence-corrected chi connectivity index (χ3v) is 14.2. The number of pyridine rings is 2. The molecule has 6 rings (SSSR count). The monoisotopic (exact) mass is 1000 g/mol. The Hall–Kier alpha value is -4.29. The van der Waals surface area contributed by atoms with Gasteiger partial charge in [-0.1, -0.05) is 128 Å². The van der Waals surface area contributed by atoms with Crippen LogP contribution < -0.4 is 5.19 Å². The van der Waals surface area contributed by atoms with Crippen LogP contribution >= 0.6 is 0 Å². The van der Waals surface area contributed by atoms with Crippen LogP contribution in [0, 0.1) is 36.6 Å². The molecule has 0 atom stereocenters.